The highest BCUT2D eigenvalue weighted by Crippen LogP contribution is 2.24. The Labute approximate surface area is 121 Å². The molecule has 0 aromatic heterocycles. The van der Waals surface area contributed by atoms with Crippen molar-refractivity contribution in [2.45, 2.75) is 45.7 Å². The first-order valence-electron chi connectivity index (χ1n) is 7.42. The number of nitrogens with one attached hydrogen (secondary N) is 1. The number of carbonyl (C=O) groups excluding carboxylic acids is 1. The smallest absolute Gasteiger partial charge is 0.244 e. The Balaban J connectivity index is 2.00. The van der Waals surface area contributed by atoms with E-state index in [0.717, 1.165) is 37.4 Å². The van der Waals surface area contributed by atoms with Gasteiger partial charge in [-0.2, -0.15) is 0 Å². The van der Waals surface area contributed by atoms with E-state index < -0.39 is 0 Å². The number of anilines is 1. The van der Waals surface area contributed by atoms with Crippen LogP contribution < -0.4 is 15.0 Å². The van der Waals surface area contributed by atoms with Crippen molar-refractivity contribution in [2.24, 2.45) is 0 Å². The number of hydrogen-bond acceptors (Lipinski definition) is 3. The molecule has 20 heavy (non-hydrogen) atoms. The maximum Gasteiger partial charge on any atom is 0.244 e. The van der Waals surface area contributed by atoms with E-state index >= 15 is 0 Å². The molecule has 1 unspecified atom stereocenters. The fraction of sp³-hybridized carbons (Fsp3) is 0.562. The zero-order valence-electron chi connectivity index (χ0n) is 12.6. The SMILES string of the molecule is CCCOc1ccc(N2CCC(NC(C)C)C2=O)cc1. The van der Waals surface area contributed by atoms with Gasteiger partial charge in [-0.15, -0.1) is 0 Å². The lowest BCUT2D eigenvalue weighted by atomic mass is 10.2. The Morgan fingerprint density at radius 1 is 1.35 bits per heavy atom. The second-order valence-electron chi connectivity index (χ2n) is 5.49. The van der Waals surface area contributed by atoms with Crippen LogP contribution in [0.4, 0.5) is 5.69 Å². The zero-order valence-corrected chi connectivity index (χ0v) is 12.6. The third kappa shape index (κ3) is 3.51. The van der Waals surface area contributed by atoms with Crippen LogP contribution in [0.25, 0.3) is 0 Å². The highest BCUT2D eigenvalue weighted by Gasteiger charge is 2.32. The quantitative estimate of drug-likeness (QED) is 0.868. The van der Waals surface area contributed by atoms with Crippen molar-refractivity contribution < 1.29 is 9.53 Å². The summed E-state index contributed by atoms with van der Waals surface area (Å²) in [5, 5.41) is 3.31. The first-order chi connectivity index (χ1) is 9.61. The van der Waals surface area contributed by atoms with Gasteiger partial charge in [0.1, 0.15) is 5.75 Å². The number of ether oxygens (including phenoxy) is 1. The van der Waals surface area contributed by atoms with Gasteiger partial charge in [0.25, 0.3) is 0 Å². The molecule has 1 fully saturated rings. The van der Waals surface area contributed by atoms with E-state index in [-0.39, 0.29) is 11.9 Å². The van der Waals surface area contributed by atoms with Crippen LogP contribution in [0.1, 0.15) is 33.6 Å². The molecule has 0 aliphatic carbocycles. The van der Waals surface area contributed by atoms with Crippen molar-refractivity contribution in [2.75, 3.05) is 18.1 Å². The van der Waals surface area contributed by atoms with Crippen molar-refractivity contribution in [1.29, 1.82) is 0 Å². The number of nitrogens with zero attached hydrogens (tertiary/aromatic N) is 1. The van der Waals surface area contributed by atoms with Crippen LogP contribution in [0.15, 0.2) is 24.3 Å². The number of benzene rings is 1. The van der Waals surface area contributed by atoms with Crippen LogP contribution in [-0.2, 0) is 4.79 Å². The summed E-state index contributed by atoms with van der Waals surface area (Å²) in [7, 11) is 0. The predicted molar refractivity (Wildman–Crippen MR) is 81.3 cm³/mol. The average molecular weight is 276 g/mol. The van der Waals surface area contributed by atoms with Crippen LogP contribution in [0.5, 0.6) is 5.75 Å². The van der Waals surface area contributed by atoms with Gasteiger partial charge in [0.2, 0.25) is 5.91 Å². The van der Waals surface area contributed by atoms with E-state index in [9.17, 15) is 4.79 Å². The van der Waals surface area contributed by atoms with Gasteiger partial charge in [-0.3, -0.25) is 4.79 Å². The summed E-state index contributed by atoms with van der Waals surface area (Å²) in [5.41, 5.74) is 0.951. The van der Waals surface area contributed by atoms with Crippen molar-refractivity contribution in [3.05, 3.63) is 24.3 Å². The first-order valence-corrected chi connectivity index (χ1v) is 7.42. The lowest BCUT2D eigenvalue weighted by Gasteiger charge is -2.18. The molecule has 1 aliphatic heterocycles. The van der Waals surface area contributed by atoms with Gasteiger partial charge in [-0.25, -0.2) is 0 Å². The molecule has 0 spiro atoms. The predicted octanol–water partition coefficient (Wildman–Crippen LogP) is 2.58. The molecule has 1 saturated heterocycles. The van der Waals surface area contributed by atoms with Crippen molar-refractivity contribution in [3.63, 3.8) is 0 Å². The molecule has 2 rings (SSSR count). The average Bonchev–Trinajstić information content (AvgIpc) is 2.78. The van der Waals surface area contributed by atoms with Crippen LogP contribution in [0.2, 0.25) is 0 Å². The zero-order chi connectivity index (χ0) is 14.5. The molecule has 0 radical (unpaired) electrons. The minimum atomic E-state index is -0.0500. The molecule has 1 heterocycles. The first kappa shape index (κ1) is 14.9. The second kappa shape index (κ2) is 6.75. The second-order valence-corrected chi connectivity index (χ2v) is 5.49. The Bertz CT molecular complexity index is 442. The molecule has 1 aromatic carbocycles. The normalized spacial score (nSPS) is 18.9. The summed E-state index contributed by atoms with van der Waals surface area (Å²) >= 11 is 0. The molecule has 1 N–H and O–H groups in total. The highest BCUT2D eigenvalue weighted by atomic mass is 16.5. The maximum atomic E-state index is 12.3. The van der Waals surface area contributed by atoms with Crippen molar-refractivity contribution >= 4 is 11.6 Å². The van der Waals surface area contributed by atoms with E-state index in [2.05, 4.69) is 26.1 Å². The summed E-state index contributed by atoms with van der Waals surface area (Å²) in [6.45, 7) is 7.71. The topological polar surface area (TPSA) is 41.6 Å². The van der Waals surface area contributed by atoms with Gasteiger partial charge in [0, 0.05) is 18.3 Å². The Morgan fingerprint density at radius 2 is 2.05 bits per heavy atom. The van der Waals surface area contributed by atoms with Gasteiger partial charge in [-0.05, 0) is 37.1 Å². The molecule has 4 nitrogen and oxygen atoms in total. The Kier molecular flexibility index (Phi) is 5.01. The Hall–Kier alpha value is -1.55. The van der Waals surface area contributed by atoms with E-state index in [1.165, 1.54) is 0 Å². The number of hydrogen-bond donors (Lipinski definition) is 1. The summed E-state index contributed by atoms with van der Waals surface area (Å²) in [5.74, 6) is 1.03. The number of amides is 1. The standard InChI is InChI=1S/C16H24N2O2/c1-4-11-20-14-7-5-13(6-8-14)18-10-9-15(16(18)19)17-12(2)3/h5-8,12,15,17H,4,9-11H2,1-3H3. The molecule has 1 amide bonds. The molecular weight excluding hydrogens is 252 g/mol. The maximum absolute atomic E-state index is 12.3. The third-order valence-corrected chi connectivity index (χ3v) is 3.36. The van der Waals surface area contributed by atoms with Crippen molar-refractivity contribution in [1.82, 2.24) is 5.32 Å². The molecular formula is C16H24N2O2. The van der Waals surface area contributed by atoms with Crippen molar-refractivity contribution in [3.8, 4) is 5.75 Å². The Morgan fingerprint density at radius 3 is 2.65 bits per heavy atom. The minimum absolute atomic E-state index is 0.0500. The number of rotatable bonds is 6. The van der Waals surface area contributed by atoms with Crippen LogP contribution in [0.3, 0.4) is 0 Å². The van der Waals surface area contributed by atoms with Crippen LogP contribution >= 0.6 is 0 Å². The van der Waals surface area contributed by atoms with Gasteiger partial charge in [0.15, 0.2) is 0 Å². The van der Waals surface area contributed by atoms with Gasteiger partial charge in [-0.1, -0.05) is 20.8 Å². The largest absolute Gasteiger partial charge is 0.494 e. The fourth-order valence-corrected chi connectivity index (χ4v) is 2.44. The van der Waals surface area contributed by atoms with Crippen LogP contribution in [0, 0.1) is 0 Å². The third-order valence-electron chi connectivity index (χ3n) is 3.36. The van der Waals surface area contributed by atoms with E-state index in [1.54, 1.807) is 0 Å². The summed E-state index contributed by atoms with van der Waals surface area (Å²) in [6, 6.07) is 8.06. The van der Waals surface area contributed by atoms with Crippen LogP contribution in [-0.4, -0.2) is 31.1 Å². The molecule has 4 heteroatoms. The van der Waals surface area contributed by atoms with Gasteiger partial charge in [0.05, 0.1) is 12.6 Å². The summed E-state index contributed by atoms with van der Waals surface area (Å²) in [4.78, 5) is 14.2. The molecule has 110 valence electrons. The van der Waals surface area contributed by atoms with Gasteiger partial charge >= 0.3 is 0 Å². The van der Waals surface area contributed by atoms with E-state index in [4.69, 9.17) is 4.74 Å². The summed E-state index contributed by atoms with van der Waals surface area (Å²) in [6.07, 6.45) is 1.86. The molecule has 1 aromatic rings. The van der Waals surface area contributed by atoms with Gasteiger partial charge < -0.3 is 15.0 Å². The summed E-state index contributed by atoms with van der Waals surface area (Å²) < 4.78 is 5.56. The van der Waals surface area contributed by atoms with E-state index in [0.29, 0.717) is 6.04 Å². The molecule has 0 saturated carbocycles. The lowest BCUT2D eigenvalue weighted by Crippen LogP contribution is -2.41. The monoisotopic (exact) mass is 276 g/mol. The lowest BCUT2D eigenvalue weighted by molar-refractivity contribution is -0.118. The number of carbonyl (C=O) groups is 1. The highest BCUT2D eigenvalue weighted by molar-refractivity contribution is 5.99. The van der Waals surface area contributed by atoms with E-state index in [1.807, 2.05) is 29.2 Å². The molecule has 1 aliphatic rings. The fourth-order valence-electron chi connectivity index (χ4n) is 2.44. The molecule has 1 atom stereocenters. The minimum Gasteiger partial charge on any atom is -0.494 e. The molecule has 0 bridgehead atoms.